The number of hydrogen-bond acceptors (Lipinski definition) is 5. The molecule has 2 aliphatic heterocycles. The molecule has 7 nitrogen and oxygen atoms in total. The largest absolute Gasteiger partial charge is 0.356 e. The molecule has 3 heterocycles. The van der Waals surface area contributed by atoms with Crippen molar-refractivity contribution in [1.82, 2.24) is 20.3 Å². The Kier molecular flexibility index (Phi) is 3.80. The number of aromatic nitrogens is 1. The van der Waals surface area contributed by atoms with Crippen LogP contribution < -0.4 is 5.32 Å². The molecule has 3 amide bonds. The van der Waals surface area contributed by atoms with Gasteiger partial charge in [0, 0.05) is 38.3 Å². The Morgan fingerprint density at radius 2 is 1.92 bits per heavy atom. The molecular formula is C18H20N4O3. The van der Waals surface area contributed by atoms with Crippen molar-refractivity contribution in [2.24, 2.45) is 0 Å². The van der Waals surface area contributed by atoms with Gasteiger partial charge in [-0.15, -0.1) is 0 Å². The lowest BCUT2D eigenvalue weighted by Gasteiger charge is -2.36. The molecule has 2 aliphatic rings. The number of rotatable bonds is 3. The molecule has 0 radical (unpaired) electrons. The van der Waals surface area contributed by atoms with Crippen molar-refractivity contribution in [2.75, 3.05) is 20.1 Å². The lowest BCUT2D eigenvalue weighted by Crippen LogP contribution is -2.54. The van der Waals surface area contributed by atoms with E-state index in [0.717, 1.165) is 30.1 Å². The van der Waals surface area contributed by atoms with Crippen LogP contribution in [0, 0.1) is 0 Å². The van der Waals surface area contributed by atoms with Crippen LogP contribution >= 0.6 is 0 Å². The van der Waals surface area contributed by atoms with E-state index in [0.29, 0.717) is 19.4 Å². The number of carbonyl (C=O) groups excluding carboxylic acids is 2. The zero-order valence-electron chi connectivity index (χ0n) is 14.1. The van der Waals surface area contributed by atoms with Crippen LogP contribution in [-0.4, -0.2) is 52.6 Å². The van der Waals surface area contributed by atoms with E-state index in [9.17, 15) is 9.59 Å². The molecule has 2 fully saturated rings. The van der Waals surface area contributed by atoms with Crippen LogP contribution in [0.5, 0.6) is 0 Å². The second-order valence-corrected chi connectivity index (χ2v) is 6.70. The summed E-state index contributed by atoms with van der Waals surface area (Å²) in [6.45, 7) is 2.13. The van der Waals surface area contributed by atoms with Crippen LogP contribution in [0.3, 0.4) is 0 Å². The average Bonchev–Trinajstić information content (AvgIpc) is 3.18. The van der Waals surface area contributed by atoms with E-state index in [1.54, 1.807) is 0 Å². The summed E-state index contributed by atoms with van der Waals surface area (Å²) in [5, 5.41) is 7.01. The Labute approximate surface area is 145 Å². The van der Waals surface area contributed by atoms with Gasteiger partial charge >= 0.3 is 6.03 Å². The molecule has 0 aliphatic carbocycles. The monoisotopic (exact) mass is 340 g/mol. The van der Waals surface area contributed by atoms with E-state index in [1.807, 2.05) is 36.4 Å². The summed E-state index contributed by atoms with van der Waals surface area (Å²) >= 11 is 0. The van der Waals surface area contributed by atoms with Gasteiger partial charge in [-0.05, 0) is 12.8 Å². The summed E-state index contributed by atoms with van der Waals surface area (Å²) in [7, 11) is 1.53. The van der Waals surface area contributed by atoms with E-state index in [4.69, 9.17) is 4.52 Å². The number of likely N-dealkylation sites (tertiary alicyclic amines) is 1. The van der Waals surface area contributed by atoms with Gasteiger partial charge in [0.05, 0.1) is 5.69 Å². The maximum Gasteiger partial charge on any atom is 0.324 e. The standard InChI is InChI=1S/C18H20N4O3/c1-21-16(23)18(19-17(21)24)7-9-22(10-8-18)12-14-11-15(25-20-14)13-5-3-2-4-6-13/h2-6,11H,7-10,12H2,1H3,(H,19,24). The normalized spacial score (nSPS) is 20.3. The van der Waals surface area contributed by atoms with Crippen molar-refractivity contribution >= 4 is 11.9 Å². The minimum absolute atomic E-state index is 0.120. The third-order valence-corrected chi connectivity index (χ3v) is 5.08. The number of carbonyl (C=O) groups is 2. The van der Waals surface area contributed by atoms with Crippen LogP contribution in [0.1, 0.15) is 18.5 Å². The third kappa shape index (κ3) is 2.80. The number of hydrogen-bond donors (Lipinski definition) is 1. The molecule has 0 bridgehead atoms. The van der Waals surface area contributed by atoms with Crippen molar-refractivity contribution in [1.29, 1.82) is 0 Å². The maximum atomic E-state index is 12.3. The maximum absolute atomic E-state index is 12.3. The highest BCUT2D eigenvalue weighted by atomic mass is 16.5. The van der Waals surface area contributed by atoms with Crippen LogP contribution in [0.4, 0.5) is 4.79 Å². The van der Waals surface area contributed by atoms with Crippen molar-refractivity contribution < 1.29 is 14.1 Å². The topological polar surface area (TPSA) is 78.7 Å². The lowest BCUT2D eigenvalue weighted by atomic mass is 9.87. The zero-order valence-corrected chi connectivity index (χ0v) is 14.1. The highest BCUT2D eigenvalue weighted by molar-refractivity contribution is 6.06. The summed E-state index contributed by atoms with van der Waals surface area (Å²) in [6.07, 6.45) is 1.23. The van der Waals surface area contributed by atoms with Gasteiger partial charge in [-0.1, -0.05) is 35.5 Å². The van der Waals surface area contributed by atoms with E-state index in [1.165, 1.54) is 11.9 Å². The molecule has 0 unspecified atom stereocenters. The Morgan fingerprint density at radius 3 is 2.56 bits per heavy atom. The summed E-state index contributed by atoms with van der Waals surface area (Å²) in [5.74, 6) is 0.633. The van der Waals surface area contributed by atoms with E-state index < -0.39 is 5.54 Å². The van der Waals surface area contributed by atoms with Gasteiger partial charge in [0.25, 0.3) is 5.91 Å². The SMILES string of the molecule is CN1C(=O)NC2(CCN(Cc3cc(-c4ccccc4)on3)CC2)C1=O. The first-order chi connectivity index (χ1) is 12.1. The highest BCUT2D eigenvalue weighted by Gasteiger charge is 2.50. The number of amides is 3. The van der Waals surface area contributed by atoms with Gasteiger partial charge < -0.3 is 9.84 Å². The fourth-order valence-electron chi connectivity index (χ4n) is 3.54. The first kappa shape index (κ1) is 15.8. The summed E-state index contributed by atoms with van der Waals surface area (Å²) in [4.78, 5) is 27.5. The molecule has 25 heavy (non-hydrogen) atoms. The lowest BCUT2D eigenvalue weighted by molar-refractivity contribution is -0.132. The predicted molar refractivity (Wildman–Crippen MR) is 90.5 cm³/mol. The van der Waals surface area contributed by atoms with Crippen LogP contribution in [0.15, 0.2) is 40.9 Å². The number of likely N-dealkylation sites (N-methyl/N-ethyl adjacent to an activating group) is 1. The van der Waals surface area contributed by atoms with Crippen LogP contribution in [0.25, 0.3) is 11.3 Å². The van der Waals surface area contributed by atoms with Crippen molar-refractivity contribution in [3.8, 4) is 11.3 Å². The number of piperidine rings is 1. The summed E-state index contributed by atoms with van der Waals surface area (Å²) < 4.78 is 5.44. The molecule has 0 atom stereocenters. The molecule has 0 saturated carbocycles. The summed E-state index contributed by atoms with van der Waals surface area (Å²) in [6, 6.07) is 11.5. The van der Waals surface area contributed by atoms with Crippen LogP contribution in [0.2, 0.25) is 0 Å². The Hall–Kier alpha value is -2.67. The van der Waals surface area contributed by atoms with Gasteiger partial charge in [0.15, 0.2) is 5.76 Å². The molecule has 7 heteroatoms. The number of benzene rings is 1. The van der Waals surface area contributed by atoms with Gasteiger partial charge in [-0.25, -0.2) is 4.79 Å². The fraction of sp³-hybridized carbons (Fsp3) is 0.389. The average molecular weight is 340 g/mol. The zero-order chi connectivity index (χ0) is 17.4. The second-order valence-electron chi connectivity index (χ2n) is 6.70. The highest BCUT2D eigenvalue weighted by Crippen LogP contribution is 2.29. The van der Waals surface area contributed by atoms with E-state index >= 15 is 0 Å². The minimum atomic E-state index is -0.721. The molecule has 1 aromatic carbocycles. The van der Waals surface area contributed by atoms with Gasteiger partial charge in [0.2, 0.25) is 0 Å². The van der Waals surface area contributed by atoms with E-state index in [-0.39, 0.29) is 11.9 Å². The molecular weight excluding hydrogens is 320 g/mol. The van der Waals surface area contributed by atoms with Gasteiger partial charge in [-0.3, -0.25) is 14.6 Å². The third-order valence-electron chi connectivity index (χ3n) is 5.08. The first-order valence-electron chi connectivity index (χ1n) is 8.41. The molecule has 1 N–H and O–H groups in total. The molecule has 1 spiro atoms. The number of nitrogens with one attached hydrogen (secondary N) is 1. The smallest absolute Gasteiger partial charge is 0.324 e. The number of urea groups is 1. The minimum Gasteiger partial charge on any atom is -0.356 e. The Balaban J connectivity index is 1.39. The molecule has 2 aromatic rings. The molecule has 130 valence electrons. The Bertz CT molecular complexity index is 794. The molecule has 4 rings (SSSR count). The molecule has 2 saturated heterocycles. The van der Waals surface area contributed by atoms with Gasteiger partial charge in [-0.2, -0.15) is 0 Å². The summed E-state index contributed by atoms with van der Waals surface area (Å²) in [5.41, 5.74) is 1.15. The first-order valence-corrected chi connectivity index (χ1v) is 8.41. The quantitative estimate of drug-likeness (QED) is 0.863. The Morgan fingerprint density at radius 1 is 1.20 bits per heavy atom. The van der Waals surface area contributed by atoms with Gasteiger partial charge in [0.1, 0.15) is 5.54 Å². The second kappa shape index (κ2) is 6.00. The van der Waals surface area contributed by atoms with Crippen molar-refractivity contribution in [2.45, 2.75) is 24.9 Å². The number of nitrogens with zero attached hydrogens (tertiary/aromatic N) is 3. The van der Waals surface area contributed by atoms with Crippen LogP contribution in [-0.2, 0) is 11.3 Å². The predicted octanol–water partition coefficient (Wildman–Crippen LogP) is 1.86. The van der Waals surface area contributed by atoms with Crippen molar-refractivity contribution in [3.63, 3.8) is 0 Å². The molecule has 1 aromatic heterocycles. The van der Waals surface area contributed by atoms with Crippen molar-refractivity contribution in [3.05, 3.63) is 42.1 Å². The fourth-order valence-corrected chi connectivity index (χ4v) is 3.54. The van der Waals surface area contributed by atoms with E-state index in [2.05, 4.69) is 15.4 Å². The number of imide groups is 1.